The van der Waals surface area contributed by atoms with Crippen LogP contribution in [0.3, 0.4) is 0 Å². The maximum atomic E-state index is 12.8. The summed E-state index contributed by atoms with van der Waals surface area (Å²) in [4.78, 5) is 40.9. The zero-order valence-electron chi connectivity index (χ0n) is 19.5. The lowest BCUT2D eigenvalue weighted by atomic mass is 9.94. The number of aromatic nitrogens is 2. The first-order valence-electron chi connectivity index (χ1n) is 12.3. The van der Waals surface area contributed by atoms with E-state index >= 15 is 0 Å². The summed E-state index contributed by atoms with van der Waals surface area (Å²) in [6.45, 7) is 7.31. The Kier molecular flexibility index (Phi) is 6.40. The summed E-state index contributed by atoms with van der Waals surface area (Å²) in [6.07, 6.45) is 4.97. The lowest BCUT2D eigenvalue weighted by Crippen LogP contribution is -2.40. The quantitative estimate of drug-likeness (QED) is 0.681. The van der Waals surface area contributed by atoms with Crippen LogP contribution in [0.1, 0.15) is 60.7 Å². The standard InChI is InChI=1S/C26H33N5O2/c1-19-22-9-10-24(33)31(18-20-6-3-2-4-7-20)26(22)28-25(27-19)21-11-14-29(15-12-21)16-17-30-13-5-8-23(30)32/h2-4,6-7,21H,5,8-18H2,1H3. The molecular formula is C26H33N5O2. The van der Waals surface area contributed by atoms with Crippen molar-refractivity contribution in [3.8, 4) is 0 Å². The summed E-state index contributed by atoms with van der Waals surface area (Å²) in [6, 6.07) is 10.1. The van der Waals surface area contributed by atoms with Gasteiger partial charge >= 0.3 is 0 Å². The highest BCUT2D eigenvalue weighted by atomic mass is 16.2. The SMILES string of the molecule is Cc1nc(C2CCN(CCN3CCCC3=O)CC2)nc2c1CCC(=O)N2Cc1ccccc1. The van der Waals surface area contributed by atoms with E-state index in [9.17, 15) is 9.59 Å². The van der Waals surface area contributed by atoms with E-state index < -0.39 is 0 Å². The van der Waals surface area contributed by atoms with Crippen LogP contribution in [-0.2, 0) is 22.6 Å². The number of likely N-dealkylation sites (tertiary alicyclic amines) is 2. The zero-order valence-corrected chi connectivity index (χ0v) is 19.5. The Morgan fingerprint density at radius 3 is 2.42 bits per heavy atom. The van der Waals surface area contributed by atoms with Gasteiger partial charge in [0, 0.05) is 49.7 Å². The Bertz CT molecular complexity index is 1020. The molecule has 7 nitrogen and oxygen atoms in total. The fourth-order valence-electron chi connectivity index (χ4n) is 5.33. The van der Waals surface area contributed by atoms with Crippen LogP contribution in [0.25, 0.3) is 0 Å². The molecule has 2 saturated heterocycles. The van der Waals surface area contributed by atoms with Gasteiger partial charge in [-0.15, -0.1) is 0 Å². The predicted molar refractivity (Wildman–Crippen MR) is 127 cm³/mol. The second-order valence-corrected chi connectivity index (χ2v) is 9.54. The number of aryl methyl sites for hydroxylation is 1. The maximum Gasteiger partial charge on any atom is 0.228 e. The molecule has 33 heavy (non-hydrogen) atoms. The van der Waals surface area contributed by atoms with Gasteiger partial charge in [0.25, 0.3) is 0 Å². The number of carbonyl (C=O) groups excluding carboxylic acids is 2. The molecule has 0 bridgehead atoms. The Hall–Kier alpha value is -2.80. The maximum absolute atomic E-state index is 12.8. The number of rotatable bonds is 6. The van der Waals surface area contributed by atoms with E-state index in [-0.39, 0.29) is 5.91 Å². The number of amides is 2. The molecule has 2 amide bonds. The highest BCUT2D eigenvalue weighted by Gasteiger charge is 2.31. The molecule has 0 saturated carbocycles. The Balaban J connectivity index is 1.27. The average molecular weight is 448 g/mol. The number of fused-ring (bicyclic) bond motifs is 1. The smallest absolute Gasteiger partial charge is 0.228 e. The highest BCUT2D eigenvalue weighted by molar-refractivity contribution is 5.95. The Morgan fingerprint density at radius 2 is 1.70 bits per heavy atom. The van der Waals surface area contributed by atoms with Crippen molar-refractivity contribution in [1.29, 1.82) is 0 Å². The minimum absolute atomic E-state index is 0.140. The third-order valence-corrected chi connectivity index (χ3v) is 7.35. The van der Waals surface area contributed by atoms with E-state index in [1.165, 1.54) is 0 Å². The largest absolute Gasteiger partial charge is 0.341 e. The summed E-state index contributed by atoms with van der Waals surface area (Å²) >= 11 is 0. The minimum atomic E-state index is 0.140. The van der Waals surface area contributed by atoms with Crippen LogP contribution in [0.2, 0.25) is 0 Å². The van der Waals surface area contributed by atoms with Crippen molar-refractivity contribution < 1.29 is 9.59 Å². The number of nitrogens with zero attached hydrogens (tertiary/aromatic N) is 5. The van der Waals surface area contributed by atoms with Crippen molar-refractivity contribution in [2.75, 3.05) is 37.6 Å². The predicted octanol–water partition coefficient (Wildman–Crippen LogP) is 3.07. The number of benzene rings is 1. The van der Waals surface area contributed by atoms with Crippen molar-refractivity contribution in [2.24, 2.45) is 0 Å². The van der Waals surface area contributed by atoms with Crippen molar-refractivity contribution >= 4 is 17.6 Å². The van der Waals surface area contributed by atoms with Gasteiger partial charge in [-0.05, 0) is 51.3 Å². The summed E-state index contributed by atoms with van der Waals surface area (Å²) in [5.74, 6) is 2.45. The van der Waals surface area contributed by atoms with Crippen molar-refractivity contribution in [1.82, 2.24) is 19.8 Å². The molecule has 1 aromatic carbocycles. The molecule has 5 rings (SSSR count). The van der Waals surface area contributed by atoms with Gasteiger partial charge in [0.05, 0.1) is 6.54 Å². The molecule has 2 aromatic rings. The van der Waals surface area contributed by atoms with Gasteiger partial charge in [-0.1, -0.05) is 30.3 Å². The molecule has 3 aliphatic rings. The normalized spacial score (nSPS) is 19.9. The second-order valence-electron chi connectivity index (χ2n) is 9.54. The Labute approximate surface area is 195 Å². The van der Waals surface area contributed by atoms with Crippen molar-refractivity contribution in [3.63, 3.8) is 0 Å². The highest BCUT2D eigenvalue weighted by Crippen LogP contribution is 2.33. The third-order valence-electron chi connectivity index (χ3n) is 7.35. The molecule has 0 unspecified atom stereocenters. The van der Waals surface area contributed by atoms with Crippen LogP contribution in [0.15, 0.2) is 30.3 Å². The molecule has 7 heteroatoms. The molecule has 174 valence electrons. The molecule has 1 aromatic heterocycles. The first kappa shape index (κ1) is 22.0. The van der Waals surface area contributed by atoms with Gasteiger partial charge in [-0.25, -0.2) is 9.97 Å². The van der Waals surface area contributed by atoms with E-state index in [0.717, 1.165) is 86.9 Å². The third kappa shape index (κ3) is 4.78. The number of hydrogen-bond donors (Lipinski definition) is 0. The summed E-state index contributed by atoms with van der Waals surface area (Å²) in [5, 5.41) is 0. The zero-order chi connectivity index (χ0) is 22.8. The number of anilines is 1. The fraction of sp³-hybridized carbons (Fsp3) is 0.538. The topological polar surface area (TPSA) is 69.6 Å². The van der Waals surface area contributed by atoms with E-state index in [0.29, 0.717) is 31.2 Å². The van der Waals surface area contributed by atoms with Crippen LogP contribution in [-0.4, -0.2) is 64.3 Å². The van der Waals surface area contributed by atoms with Crippen LogP contribution in [0, 0.1) is 6.92 Å². The van der Waals surface area contributed by atoms with Gasteiger partial charge in [-0.2, -0.15) is 0 Å². The van der Waals surface area contributed by atoms with Gasteiger partial charge in [0.1, 0.15) is 11.6 Å². The first-order chi connectivity index (χ1) is 16.1. The van der Waals surface area contributed by atoms with Crippen molar-refractivity contribution in [2.45, 2.75) is 57.9 Å². The Morgan fingerprint density at radius 1 is 0.909 bits per heavy atom. The monoisotopic (exact) mass is 447 g/mol. The van der Waals surface area contributed by atoms with Crippen LogP contribution < -0.4 is 4.90 Å². The first-order valence-corrected chi connectivity index (χ1v) is 12.3. The summed E-state index contributed by atoms with van der Waals surface area (Å²) < 4.78 is 0. The molecule has 0 spiro atoms. The van der Waals surface area contributed by atoms with Gasteiger partial charge in [0.15, 0.2) is 0 Å². The molecule has 3 aliphatic heterocycles. The van der Waals surface area contributed by atoms with Crippen molar-refractivity contribution in [3.05, 3.63) is 53.0 Å². The van der Waals surface area contributed by atoms with Crippen LogP contribution >= 0.6 is 0 Å². The summed E-state index contributed by atoms with van der Waals surface area (Å²) in [7, 11) is 0. The molecule has 2 fully saturated rings. The number of piperidine rings is 1. The number of carbonyl (C=O) groups is 2. The lowest BCUT2D eigenvalue weighted by Gasteiger charge is -2.34. The lowest BCUT2D eigenvalue weighted by molar-refractivity contribution is -0.127. The van der Waals surface area contributed by atoms with Crippen LogP contribution in [0.5, 0.6) is 0 Å². The van der Waals surface area contributed by atoms with Gasteiger partial charge in [0.2, 0.25) is 11.8 Å². The molecule has 4 heterocycles. The van der Waals surface area contributed by atoms with Gasteiger partial charge < -0.3 is 9.80 Å². The van der Waals surface area contributed by atoms with E-state index in [4.69, 9.17) is 9.97 Å². The molecule has 0 radical (unpaired) electrons. The molecule has 0 N–H and O–H groups in total. The van der Waals surface area contributed by atoms with E-state index in [1.807, 2.05) is 28.0 Å². The van der Waals surface area contributed by atoms with Gasteiger partial charge in [-0.3, -0.25) is 14.5 Å². The minimum Gasteiger partial charge on any atom is -0.341 e. The molecule has 0 atom stereocenters. The molecule has 0 aliphatic carbocycles. The molecular weight excluding hydrogens is 414 g/mol. The van der Waals surface area contributed by atoms with E-state index in [1.54, 1.807) is 0 Å². The second kappa shape index (κ2) is 9.59. The number of hydrogen-bond acceptors (Lipinski definition) is 5. The fourth-order valence-corrected chi connectivity index (χ4v) is 5.33. The van der Waals surface area contributed by atoms with E-state index in [2.05, 4.69) is 24.0 Å². The average Bonchev–Trinajstić information content (AvgIpc) is 3.25. The summed E-state index contributed by atoms with van der Waals surface area (Å²) in [5.41, 5.74) is 3.24. The van der Waals surface area contributed by atoms with Crippen LogP contribution in [0.4, 0.5) is 5.82 Å².